The second-order valence-corrected chi connectivity index (χ2v) is 6.17. The number of rotatable bonds is 5. The number of nitrogens with zero attached hydrogens (tertiary/aromatic N) is 5. The Morgan fingerprint density at radius 2 is 1.93 bits per heavy atom. The van der Waals surface area contributed by atoms with Crippen molar-refractivity contribution in [2.45, 2.75) is 6.54 Å². The highest BCUT2D eigenvalue weighted by Gasteiger charge is 2.24. The number of nitrogens with one attached hydrogen (secondary N) is 1. The number of hydrogen-bond acceptors (Lipinski definition) is 7. The van der Waals surface area contributed by atoms with Crippen molar-refractivity contribution in [3.05, 3.63) is 66.5 Å². The first-order valence-corrected chi connectivity index (χ1v) is 8.84. The van der Waals surface area contributed by atoms with Gasteiger partial charge in [0, 0.05) is 38.6 Å². The molecule has 1 saturated heterocycles. The molecule has 1 fully saturated rings. The van der Waals surface area contributed by atoms with Gasteiger partial charge in [-0.3, -0.25) is 9.78 Å². The van der Waals surface area contributed by atoms with E-state index in [9.17, 15) is 4.79 Å². The molecule has 0 spiro atoms. The van der Waals surface area contributed by atoms with Gasteiger partial charge in [0.2, 0.25) is 5.95 Å². The number of aromatic nitrogens is 3. The van der Waals surface area contributed by atoms with Gasteiger partial charge in [0.15, 0.2) is 5.76 Å². The van der Waals surface area contributed by atoms with Crippen LogP contribution in [0.15, 0.2) is 59.5 Å². The molecule has 1 aliphatic heterocycles. The van der Waals surface area contributed by atoms with Crippen LogP contribution in [0.5, 0.6) is 0 Å². The molecule has 0 unspecified atom stereocenters. The van der Waals surface area contributed by atoms with Gasteiger partial charge in [0.25, 0.3) is 5.91 Å². The van der Waals surface area contributed by atoms with Crippen LogP contribution in [-0.4, -0.2) is 51.9 Å². The average molecular weight is 364 g/mol. The van der Waals surface area contributed by atoms with Crippen LogP contribution >= 0.6 is 0 Å². The molecule has 8 heteroatoms. The van der Waals surface area contributed by atoms with Crippen molar-refractivity contribution in [3.63, 3.8) is 0 Å². The summed E-state index contributed by atoms with van der Waals surface area (Å²) in [6.07, 6.45) is 5.02. The van der Waals surface area contributed by atoms with E-state index < -0.39 is 0 Å². The number of pyridine rings is 1. The van der Waals surface area contributed by atoms with Crippen LogP contribution in [-0.2, 0) is 6.54 Å². The Balaban J connectivity index is 1.35. The zero-order valence-electron chi connectivity index (χ0n) is 14.8. The summed E-state index contributed by atoms with van der Waals surface area (Å²) in [6.45, 7) is 3.24. The topological polar surface area (TPSA) is 87.4 Å². The van der Waals surface area contributed by atoms with Gasteiger partial charge in [-0.05, 0) is 30.3 Å². The highest BCUT2D eigenvalue weighted by atomic mass is 16.3. The minimum absolute atomic E-state index is 0.0694. The van der Waals surface area contributed by atoms with Crippen LogP contribution in [0.1, 0.15) is 16.2 Å². The van der Waals surface area contributed by atoms with E-state index in [0.29, 0.717) is 44.4 Å². The zero-order chi connectivity index (χ0) is 18.5. The number of piperazine rings is 1. The van der Waals surface area contributed by atoms with Gasteiger partial charge >= 0.3 is 0 Å². The van der Waals surface area contributed by atoms with E-state index >= 15 is 0 Å². The fourth-order valence-corrected chi connectivity index (χ4v) is 2.98. The Morgan fingerprint density at radius 3 is 2.67 bits per heavy atom. The molecule has 0 saturated carbocycles. The van der Waals surface area contributed by atoms with E-state index in [1.807, 2.05) is 24.3 Å². The highest BCUT2D eigenvalue weighted by Crippen LogP contribution is 2.16. The van der Waals surface area contributed by atoms with Gasteiger partial charge in [0.05, 0.1) is 18.5 Å². The third-order valence-corrected chi connectivity index (χ3v) is 4.42. The lowest BCUT2D eigenvalue weighted by molar-refractivity contribution is 0.0714. The van der Waals surface area contributed by atoms with Crippen LogP contribution < -0.4 is 10.2 Å². The molecule has 3 aromatic heterocycles. The Kier molecular flexibility index (Phi) is 4.95. The Labute approximate surface area is 156 Å². The second-order valence-electron chi connectivity index (χ2n) is 6.17. The van der Waals surface area contributed by atoms with Gasteiger partial charge < -0.3 is 19.5 Å². The number of carbonyl (C=O) groups excluding carboxylic acids is 1. The monoisotopic (exact) mass is 364 g/mol. The lowest BCUT2D eigenvalue weighted by atomic mass is 10.3. The maximum Gasteiger partial charge on any atom is 0.289 e. The fraction of sp³-hybridized carbons (Fsp3) is 0.263. The minimum atomic E-state index is -0.0694. The smallest absolute Gasteiger partial charge is 0.289 e. The van der Waals surface area contributed by atoms with Crippen molar-refractivity contribution in [2.24, 2.45) is 0 Å². The molecule has 0 bridgehead atoms. The average Bonchev–Trinajstić information content (AvgIpc) is 3.28. The van der Waals surface area contributed by atoms with E-state index in [1.165, 1.54) is 6.26 Å². The van der Waals surface area contributed by atoms with Crippen molar-refractivity contribution in [3.8, 4) is 0 Å². The first-order valence-electron chi connectivity index (χ1n) is 8.84. The van der Waals surface area contributed by atoms with Gasteiger partial charge in [-0.15, -0.1) is 0 Å². The quantitative estimate of drug-likeness (QED) is 0.741. The highest BCUT2D eigenvalue weighted by molar-refractivity contribution is 5.91. The molecule has 1 aliphatic rings. The normalized spacial score (nSPS) is 14.2. The van der Waals surface area contributed by atoms with Gasteiger partial charge in [-0.1, -0.05) is 6.07 Å². The molecule has 1 amide bonds. The van der Waals surface area contributed by atoms with E-state index in [-0.39, 0.29) is 5.91 Å². The van der Waals surface area contributed by atoms with Gasteiger partial charge in [-0.2, -0.15) is 4.98 Å². The predicted octanol–water partition coefficient (Wildman–Crippen LogP) is 2.04. The molecule has 138 valence electrons. The Morgan fingerprint density at radius 1 is 1.04 bits per heavy atom. The fourth-order valence-electron chi connectivity index (χ4n) is 2.98. The van der Waals surface area contributed by atoms with Gasteiger partial charge in [0.1, 0.15) is 5.82 Å². The predicted molar refractivity (Wildman–Crippen MR) is 100 cm³/mol. The maximum absolute atomic E-state index is 12.4. The van der Waals surface area contributed by atoms with Crippen molar-refractivity contribution in [1.29, 1.82) is 0 Å². The molecule has 0 aromatic carbocycles. The van der Waals surface area contributed by atoms with E-state index in [4.69, 9.17) is 4.42 Å². The number of furan rings is 1. The first kappa shape index (κ1) is 17.0. The second kappa shape index (κ2) is 7.86. The standard InChI is InChI=1S/C19H20N6O2/c26-18(16-5-3-13-27-16)25-11-9-24(10-12-25)17-6-8-21-19(23-17)22-14-15-4-1-2-7-20-15/h1-8,13H,9-12,14H2,(H,21,22,23). The lowest BCUT2D eigenvalue weighted by Gasteiger charge is -2.35. The van der Waals surface area contributed by atoms with Crippen molar-refractivity contribution < 1.29 is 9.21 Å². The summed E-state index contributed by atoms with van der Waals surface area (Å²) in [4.78, 5) is 29.4. The molecule has 0 radical (unpaired) electrons. The molecule has 4 heterocycles. The molecule has 8 nitrogen and oxygen atoms in total. The van der Waals surface area contributed by atoms with E-state index in [1.54, 1.807) is 29.4 Å². The summed E-state index contributed by atoms with van der Waals surface area (Å²) in [5.41, 5.74) is 0.927. The summed E-state index contributed by atoms with van der Waals surface area (Å²) in [5.74, 6) is 1.72. The largest absolute Gasteiger partial charge is 0.459 e. The van der Waals surface area contributed by atoms with Crippen LogP contribution in [0.3, 0.4) is 0 Å². The van der Waals surface area contributed by atoms with Crippen molar-refractivity contribution in [1.82, 2.24) is 19.9 Å². The third kappa shape index (κ3) is 4.05. The molecular formula is C19H20N6O2. The number of anilines is 2. The molecule has 4 rings (SSSR count). The van der Waals surface area contributed by atoms with E-state index in [2.05, 4.69) is 25.2 Å². The summed E-state index contributed by atoms with van der Waals surface area (Å²) >= 11 is 0. The van der Waals surface area contributed by atoms with Crippen LogP contribution in [0.2, 0.25) is 0 Å². The van der Waals surface area contributed by atoms with Gasteiger partial charge in [-0.25, -0.2) is 4.98 Å². The van der Waals surface area contributed by atoms with Crippen LogP contribution in [0.25, 0.3) is 0 Å². The molecular weight excluding hydrogens is 344 g/mol. The Bertz CT molecular complexity index is 876. The first-order chi connectivity index (χ1) is 13.3. The lowest BCUT2D eigenvalue weighted by Crippen LogP contribution is -2.49. The third-order valence-electron chi connectivity index (χ3n) is 4.42. The Hall–Kier alpha value is -3.42. The van der Waals surface area contributed by atoms with Crippen molar-refractivity contribution >= 4 is 17.7 Å². The zero-order valence-corrected chi connectivity index (χ0v) is 14.8. The summed E-state index contributed by atoms with van der Waals surface area (Å²) in [5, 5.41) is 3.20. The maximum atomic E-state index is 12.4. The molecule has 1 N–H and O–H groups in total. The number of hydrogen-bond donors (Lipinski definition) is 1. The SMILES string of the molecule is O=C(c1ccco1)N1CCN(c2ccnc(NCc3ccccn3)n2)CC1. The number of amides is 1. The summed E-state index contributed by atoms with van der Waals surface area (Å²) < 4.78 is 5.20. The van der Waals surface area contributed by atoms with Crippen LogP contribution in [0, 0.1) is 0 Å². The van der Waals surface area contributed by atoms with Crippen LogP contribution in [0.4, 0.5) is 11.8 Å². The molecule has 27 heavy (non-hydrogen) atoms. The summed E-state index contributed by atoms with van der Waals surface area (Å²) in [6, 6.07) is 11.1. The van der Waals surface area contributed by atoms with Crippen molar-refractivity contribution in [2.75, 3.05) is 36.4 Å². The summed E-state index contributed by atoms with van der Waals surface area (Å²) in [7, 11) is 0. The molecule has 3 aromatic rings. The molecule has 0 atom stereocenters. The number of carbonyl (C=O) groups is 1. The van der Waals surface area contributed by atoms with E-state index in [0.717, 1.165) is 11.5 Å². The molecule has 0 aliphatic carbocycles. The minimum Gasteiger partial charge on any atom is -0.459 e.